The molecular weight excluding hydrogens is 178 g/mol. The lowest BCUT2D eigenvalue weighted by atomic mass is 10.1. The Hall–Kier alpha value is -1.72. The summed E-state index contributed by atoms with van der Waals surface area (Å²) in [7, 11) is 0. The monoisotopic (exact) mass is 187 g/mol. The SMILES string of the molecule is N=C(CC(=O)O)C(=O)CCC(=O)O. The Labute approximate surface area is 73.7 Å². The van der Waals surface area contributed by atoms with E-state index in [9.17, 15) is 14.4 Å². The van der Waals surface area contributed by atoms with Crippen molar-refractivity contribution in [2.24, 2.45) is 0 Å². The van der Waals surface area contributed by atoms with Crippen molar-refractivity contribution in [3.05, 3.63) is 0 Å². The van der Waals surface area contributed by atoms with Crippen molar-refractivity contribution in [2.75, 3.05) is 0 Å². The molecule has 0 unspecified atom stereocenters. The van der Waals surface area contributed by atoms with Crippen molar-refractivity contribution < 1.29 is 24.6 Å². The molecule has 0 aliphatic carbocycles. The van der Waals surface area contributed by atoms with E-state index in [-0.39, 0.29) is 12.8 Å². The molecule has 6 heteroatoms. The number of nitrogens with one attached hydrogen (secondary N) is 1. The molecule has 13 heavy (non-hydrogen) atoms. The highest BCUT2D eigenvalue weighted by atomic mass is 16.4. The summed E-state index contributed by atoms with van der Waals surface area (Å²) in [6.45, 7) is 0. The minimum atomic E-state index is -1.27. The van der Waals surface area contributed by atoms with Crippen LogP contribution in [0.15, 0.2) is 0 Å². The molecule has 0 spiro atoms. The van der Waals surface area contributed by atoms with E-state index in [1.54, 1.807) is 0 Å². The molecule has 0 saturated carbocycles. The second-order valence-electron chi connectivity index (χ2n) is 2.37. The van der Waals surface area contributed by atoms with E-state index in [0.29, 0.717) is 0 Å². The van der Waals surface area contributed by atoms with Gasteiger partial charge < -0.3 is 15.6 Å². The molecule has 0 amide bonds. The molecule has 0 saturated heterocycles. The Morgan fingerprint density at radius 2 is 1.54 bits per heavy atom. The highest BCUT2D eigenvalue weighted by molar-refractivity contribution is 6.41. The number of Topliss-reactive ketones (excluding diaryl/α,β-unsaturated/α-hetero) is 1. The Morgan fingerprint density at radius 3 is 1.92 bits per heavy atom. The van der Waals surface area contributed by atoms with Crippen molar-refractivity contribution in [3.63, 3.8) is 0 Å². The van der Waals surface area contributed by atoms with Crippen molar-refractivity contribution in [1.82, 2.24) is 0 Å². The fourth-order valence-corrected chi connectivity index (χ4v) is 0.621. The Bertz CT molecular complexity index is 258. The van der Waals surface area contributed by atoms with Gasteiger partial charge in [-0.3, -0.25) is 14.4 Å². The van der Waals surface area contributed by atoms with Gasteiger partial charge in [0.1, 0.15) is 0 Å². The molecule has 6 nitrogen and oxygen atoms in total. The Balaban J connectivity index is 3.90. The minimum Gasteiger partial charge on any atom is -0.481 e. The van der Waals surface area contributed by atoms with E-state index < -0.39 is 29.9 Å². The van der Waals surface area contributed by atoms with Crippen LogP contribution in [0.25, 0.3) is 0 Å². The van der Waals surface area contributed by atoms with E-state index in [1.807, 2.05) is 0 Å². The van der Waals surface area contributed by atoms with Crippen molar-refractivity contribution in [3.8, 4) is 0 Å². The number of ketones is 1. The first-order valence-corrected chi connectivity index (χ1v) is 3.47. The van der Waals surface area contributed by atoms with Gasteiger partial charge in [-0.2, -0.15) is 0 Å². The van der Waals surface area contributed by atoms with Gasteiger partial charge in [0.05, 0.1) is 18.6 Å². The quantitative estimate of drug-likeness (QED) is 0.502. The van der Waals surface area contributed by atoms with Gasteiger partial charge in [0.2, 0.25) is 0 Å². The summed E-state index contributed by atoms with van der Waals surface area (Å²) < 4.78 is 0. The average molecular weight is 187 g/mol. The van der Waals surface area contributed by atoms with Crippen LogP contribution in [-0.2, 0) is 14.4 Å². The number of carboxylic acids is 2. The van der Waals surface area contributed by atoms with E-state index in [4.69, 9.17) is 15.6 Å². The highest BCUT2D eigenvalue weighted by Gasteiger charge is 2.13. The number of carbonyl (C=O) groups excluding carboxylic acids is 1. The summed E-state index contributed by atoms with van der Waals surface area (Å²) >= 11 is 0. The molecule has 0 aromatic heterocycles. The average Bonchev–Trinajstić information content (AvgIpc) is 1.98. The third-order valence-corrected chi connectivity index (χ3v) is 1.23. The minimum absolute atomic E-state index is 0.318. The molecule has 0 rings (SSSR count). The summed E-state index contributed by atoms with van der Waals surface area (Å²) in [5, 5.41) is 23.3. The van der Waals surface area contributed by atoms with Gasteiger partial charge in [-0.1, -0.05) is 0 Å². The van der Waals surface area contributed by atoms with E-state index in [0.717, 1.165) is 0 Å². The van der Waals surface area contributed by atoms with Crippen LogP contribution in [-0.4, -0.2) is 33.6 Å². The number of hydrogen-bond donors (Lipinski definition) is 3. The maximum atomic E-state index is 10.8. The first-order chi connectivity index (χ1) is 5.93. The van der Waals surface area contributed by atoms with Gasteiger partial charge in [0.15, 0.2) is 5.78 Å². The highest BCUT2D eigenvalue weighted by Crippen LogP contribution is 1.95. The van der Waals surface area contributed by atoms with Crippen LogP contribution < -0.4 is 0 Å². The molecule has 0 radical (unpaired) electrons. The van der Waals surface area contributed by atoms with Crippen LogP contribution in [0.2, 0.25) is 0 Å². The fraction of sp³-hybridized carbons (Fsp3) is 0.429. The number of hydrogen-bond acceptors (Lipinski definition) is 4. The van der Waals surface area contributed by atoms with Crippen LogP contribution in [0.4, 0.5) is 0 Å². The molecule has 0 fully saturated rings. The second-order valence-corrected chi connectivity index (χ2v) is 2.37. The van der Waals surface area contributed by atoms with Gasteiger partial charge in [-0.05, 0) is 0 Å². The van der Waals surface area contributed by atoms with Crippen LogP contribution in [0.3, 0.4) is 0 Å². The Morgan fingerprint density at radius 1 is 1.00 bits per heavy atom. The fourth-order valence-electron chi connectivity index (χ4n) is 0.621. The summed E-state index contributed by atoms with van der Waals surface area (Å²) in [4.78, 5) is 30.9. The number of rotatable bonds is 6. The van der Waals surface area contributed by atoms with E-state index in [2.05, 4.69) is 0 Å². The number of carboxylic acid groups (broad SMARTS) is 2. The molecule has 0 bridgehead atoms. The molecule has 72 valence electrons. The van der Waals surface area contributed by atoms with E-state index in [1.165, 1.54) is 0 Å². The molecule has 0 aliphatic heterocycles. The molecule has 0 aromatic carbocycles. The largest absolute Gasteiger partial charge is 0.481 e. The predicted octanol–water partition coefficient (Wildman–Crippen LogP) is -0.0852. The van der Waals surface area contributed by atoms with Gasteiger partial charge in [-0.15, -0.1) is 0 Å². The zero-order valence-corrected chi connectivity index (χ0v) is 6.74. The zero-order valence-electron chi connectivity index (χ0n) is 6.74. The smallest absolute Gasteiger partial charge is 0.309 e. The topological polar surface area (TPSA) is 116 Å². The molecule has 0 atom stereocenters. The maximum absolute atomic E-state index is 10.8. The lowest BCUT2D eigenvalue weighted by molar-refractivity contribution is -0.138. The predicted molar refractivity (Wildman–Crippen MR) is 41.9 cm³/mol. The summed E-state index contributed by atoms with van der Waals surface area (Å²) in [6, 6.07) is 0. The summed E-state index contributed by atoms with van der Waals surface area (Å²) in [5.74, 6) is -3.14. The number of carbonyl (C=O) groups is 3. The molecule has 0 aliphatic rings. The standard InChI is InChI=1S/C7H9NO5/c8-4(3-7(12)13)5(9)1-2-6(10)11/h8H,1-3H2,(H,10,11)(H,12,13). The van der Waals surface area contributed by atoms with E-state index >= 15 is 0 Å². The van der Waals surface area contributed by atoms with Gasteiger partial charge in [-0.25, -0.2) is 0 Å². The van der Waals surface area contributed by atoms with Crippen LogP contribution in [0, 0.1) is 5.41 Å². The summed E-state index contributed by atoms with van der Waals surface area (Å²) in [6.07, 6.45) is -1.35. The first-order valence-electron chi connectivity index (χ1n) is 3.47. The van der Waals surface area contributed by atoms with Crippen LogP contribution >= 0.6 is 0 Å². The molecule has 3 N–H and O–H groups in total. The normalized spacial score (nSPS) is 9.23. The zero-order chi connectivity index (χ0) is 10.4. The third-order valence-electron chi connectivity index (χ3n) is 1.23. The molecule has 0 aromatic rings. The maximum Gasteiger partial charge on any atom is 0.309 e. The summed E-state index contributed by atoms with van der Waals surface area (Å²) in [5.41, 5.74) is -0.561. The van der Waals surface area contributed by atoms with Gasteiger partial charge in [0, 0.05) is 6.42 Å². The van der Waals surface area contributed by atoms with Gasteiger partial charge >= 0.3 is 11.9 Å². The Kier molecular flexibility index (Phi) is 4.36. The van der Waals surface area contributed by atoms with Crippen molar-refractivity contribution in [1.29, 1.82) is 5.41 Å². The molecule has 0 heterocycles. The lowest BCUT2D eigenvalue weighted by Crippen LogP contribution is -2.17. The second kappa shape index (κ2) is 5.02. The van der Waals surface area contributed by atoms with Crippen LogP contribution in [0.5, 0.6) is 0 Å². The van der Waals surface area contributed by atoms with Crippen molar-refractivity contribution >= 4 is 23.4 Å². The van der Waals surface area contributed by atoms with Crippen molar-refractivity contribution in [2.45, 2.75) is 19.3 Å². The third kappa shape index (κ3) is 5.54. The lowest BCUT2D eigenvalue weighted by Gasteiger charge is -1.97. The van der Waals surface area contributed by atoms with Gasteiger partial charge in [0.25, 0.3) is 0 Å². The van der Waals surface area contributed by atoms with Crippen LogP contribution in [0.1, 0.15) is 19.3 Å². The molecular formula is C7H9NO5. The first kappa shape index (κ1) is 11.3. The number of aliphatic carboxylic acids is 2.